The third kappa shape index (κ3) is 3.26. The number of aromatic nitrogens is 1. The van der Waals surface area contributed by atoms with E-state index in [4.69, 9.17) is 16.1 Å². The first-order valence-corrected chi connectivity index (χ1v) is 8.62. The Morgan fingerprint density at radius 1 is 1.44 bits per heavy atom. The van der Waals surface area contributed by atoms with Gasteiger partial charge in [-0.15, -0.1) is 0 Å². The van der Waals surface area contributed by atoms with Crippen molar-refractivity contribution in [3.8, 4) is 0 Å². The molecule has 0 N–H and O–H groups in total. The zero-order chi connectivity index (χ0) is 18.1. The zero-order valence-corrected chi connectivity index (χ0v) is 15.2. The minimum absolute atomic E-state index is 0.0142. The molecular formula is C18H20ClN3O3. The molecule has 2 amide bonds. The Labute approximate surface area is 151 Å². The van der Waals surface area contributed by atoms with Crippen molar-refractivity contribution in [1.29, 1.82) is 0 Å². The molecule has 2 aromatic rings. The molecule has 1 fully saturated rings. The van der Waals surface area contributed by atoms with E-state index in [0.717, 1.165) is 5.69 Å². The number of benzene rings is 1. The lowest BCUT2D eigenvalue weighted by atomic mass is 10.1. The first-order chi connectivity index (χ1) is 11.9. The van der Waals surface area contributed by atoms with Crippen LogP contribution >= 0.6 is 11.6 Å². The minimum Gasteiger partial charge on any atom is -0.361 e. The van der Waals surface area contributed by atoms with Crippen molar-refractivity contribution < 1.29 is 14.1 Å². The highest BCUT2D eigenvalue weighted by molar-refractivity contribution is 6.30. The van der Waals surface area contributed by atoms with Gasteiger partial charge < -0.3 is 14.3 Å². The minimum atomic E-state index is -0.206. The summed E-state index contributed by atoms with van der Waals surface area (Å²) in [6.45, 7) is 5.99. The molecule has 1 aromatic heterocycles. The summed E-state index contributed by atoms with van der Waals surface area (Å²) in [7, 11) is 0. The summed E-state index contributed by atoms with van der Waals surface area (Å²) >= 11 is 6.03. The number of anilines is 1. The van der Waals surface area contributed by atoms with Gasteiger partial charge in [0.05, 0.1) is 5.69 Å². The number of hydrogen-bond donors (Lipinski definition) is 0. The number of aryl methyl sites for hydroxylation is 2. The van der Waals surface area contributed by atoms with Gasteiger partial charge in [-0.05, 0) is 38.5 Å². The van der Waals surface area contributed by atoms with Crippen LogP contribution in [0.15, 0.2) is 28.8 Å². The number of hydrogen-bond acceptors (Lipinski definition) is 4. The van der Waals surface area contributed by atoms with Crippen LogP contribution < -0.4 is 4.90 Å². The Kier molecular flexibility index (Phi) is 4.81. The largest absolute Gasteiger partial charge is 0.361 e. The van der Waals surface area contributed by atoms with E-state index in [0.29, 0.717) is 35.0 Å². The molecule has 132 valence electrons. The van der Waals surface area contributed by atoms with E-state index in [-0.39, 0.29) is 24.4 Å². The molecule has 7 heteroatoms. The van der Waals surface area contributed by atoms with Crippen molar-refractivity contribution in [2.24, 2.45) is 0 Å². The molecular weight excluding hydrogens is 342 g/mol. The first kappa shape index (κ1) is 17.5. The Hall–Kier alpha value is -2.34. The maximum Gasteiger partial charge on any atom is 0.260 e. The SMILES string of the molecule is CCc1noc(C)c1C(=O)N1CC(=O)N(c2cccc(Cl)c2)C[C@@H]1C. The van der Waals surface area contributed by atoms with Crippen molar-refractivity contribution >= 4 is 29.1 Å². The van der Waals surface area contributed by atoms with Crippen LogP contribution in [-0.4, -0.2) is 41.0 Å². The quantitative estimate of drug-likeness (QED) is 0.842. The van der Waals surface area contributed by atoms with Gasteiger partial charge in [0.25, 0.3) is 5.91 Å². The first-order valence-electron chi connectivity index (χ1n) is 8.24. The Morgan fingerprint density at radius 3 is 2.88 bits per heavy atom. The molecule has 3 rings (SSSR count). The van der Waals surface area contributed by atoms with Crippen LogP contribution in [0.25, 0.3) is 0 Å². The van der Waals surface area contributed by atoms with Gasteiger partial charge in [0.2, 0.25) is 5.91 Å². The highest BCUT2D eigenvalue weighted by atomic mass is 35.5. The van der Waals surface area contributed by atoms with Crippen LogP contribution in [0.2, 0.25) is 5.02 Å². The Bertz CT molecular complexity index is 818. The third-order valence-corrected chi connectivity index (χ3v) is 4.68. The molecule has 1 aromatic carbocycles. The van der Waals surface area contributed by atoms with Gasteiger partial charge >= 0.3 is 0 Å². The monoisotopic (exact) mass is 361 g/mol. The topological polar surface area (TPSA) is 66.7 Å². The maximum absolute atomic E-state index is 12.9. The number of carbonyl (C=O) groups excluding carboxylic acids is 2. The van der Waals surface area contributed by atoms with Gasteiger partial charge in [-0.2, -0.15) is 0 Å². The molecule has 0 unspecified atom stereocenters. The molecule has 0 aliphatic carbocycles. The molecule has 1 aliphatic rings. The van der Waals surface area contributed by atoms with Gasteiger partial charge in [-0.1, -0.05) is 29.7 Å². The molecule has 0 radical (unpaired) electrons. The number of amides is 2. The summed E-state index contributed by atoms with van der Waals surface area (Å²) in [4.78, 5) is 28.8. The average Bonchev–Trinajstić information content (AvgIpc) is 2.96. The Balaban J connectivity index is 1.84. The van der Waals surface area contributed by atoms with E-state index in [1.165, 1.54) is 0 Å². The van der Waals surface area contributed by atoms with Crippen LogP contribution in [-0.2, 0) is 11.2 Å². The number of carbonyl (C=O) groups is 2. The van der Waals surface area contributed by atoms with Gasteiger partial charge in [-0.25, -0.2) is 0 Å². The lowest BCUT2D eigenvalue weighted by molar-refractivity contribution is -0.121. The Morgan fingerprint density at radius 2 is 2.20 bits per heavy atom. The van der Waals surface area contributed by atoms with Crippen molar-refractivity contribution in [3.05, 3.63) is 46.3 Å². The normalized spacial score (nSPS) is 17.9. The van der Waals surface area contributed by atoms with Crippen molar-refractivity contribution in [2.45, 2.75) is 33.2 Å². The zero-order valence-electron chi connectivity index (χ0n) is 14.5. The van der Waals surface area contributed by atoms with Crippen LogP contribution in [0.4, 0.5) is 5.69 Å². The molecule has 1 aliphatic heterocycles. The van der Waals surface area contributed by atoms with Gasteiger partial charge in [0.15, 0.2) is 0 Å². The predicted octanol–water partition coefficient (Wildman–Crippen LogP) is 3.08. The summed E-state index contributed by atoms with van der Waals surface area (Å²) in [6, 6.07) is 7.03. The second kappa shape index (κ2) is 6.88. The van der Waals surface area contributed by atoms with E-state index >= 15 is 0 Å². The smallest absolute Gasteiger partial charge is 0.260 e. The number of halogens is 1. The van der Waals surface area contributed by atoms with E-state index in [1.807, 2.05) is 19.9 Å². The lowest BCUT2D eigenvalue weighted by Gasteiger charge is -2.39. The lowest BCUT2D eigenvalue weighted by Crippen LogP contribution is -2.57. The van der Waals surface area contributed by atoms with Crippen LogP contribution in [0.1, 0.15) is 35.7 Å². The van der Waals surface area contributed by atoms with Crippen LogP contribution in [0.3, 0.4) is 0 Å². The summed E-state index contributed by atoms with van der Waals surface area (Å²) in [6.07, 6.45) is 0.600. The fraction of sp³-hybridized carbons (Fsp3) is 0.389. The van der Waals surface area contributed by atoms with Gasteiger partial charge in [0, 0.05) is 23.3 Å². The molecule has 6 nitrogen and oxygen atoms in total. The number of rotatable bonds is 3. The molecule has 1 atom stereocenters. The van der Waals surface area contributed by atoms with Crippen molar-refractivity contribution in [1.82, 2.24) is 10.1 Å². The second-order valence-electron chi connectivity index (χ2n) is 6.18. The molecule has 0 spiro atoms. The van der Waals surface area contributed by atoms with Crippen LogP contribution in [0.5, 0.6) is 0 Å². The van der Waals surface area contributed by atoms with Crippen LogP contribution in [0, 0.1) is 6.92 Å². The van der Waals surface area contributed by atoms with Crippen molar-refractivity contribution in [3.63, 3.8) is 0 Å². The molecule has 1 saturated heterocycles. The summed E-state index contributed by atoms with van der Waals surface area (Å²) < 4.78 is 5.16. The van der Waals surface area contributed by atoms with Gasteiger partial charge in [0.1, 0.15) is 17.9 Å². The highest BCUT2D eigenvalue weighted by Crippen LogP contribution is 2.25. The van der Waals surface area contributed by atoms with E-state index in [2.05, 4.69) is 5.16 Å². The fourth-order valence-electron chi connectivity index (χ4n) is 3.09. The molecule has 2 heterocycles. The summed E-state index contributed by atoms with van der Waals surface area (Å²) in [5.74, 6) is 0.141. The predicted molar refractivity (Wildman–Crippen MR) is 94.9 cm³/mol. The standard InChI is InChI=1S/C18H20ClN3O3/c1-4-15-17(12(3)25-20-15)18(24)21-10-16(23)22(9-11(21)2)14-7-5-6-13(19)8-14/h5-8,11H,4,9-10H2,1-3H3/t11-/m0/s1. The average molecular weight is 362 g/mol. The van der Waals surface area contributed by atoms with E-state index in [1.54, 1.807) is 34.9 Å². The molecule has 25 heavy (non-hydrogen) atoms. The van der Waals surface area contributed by atoms with Gasteiger partial charge in [-0.3, -0.25) is 9.59 Å². The number of piperazine rings is 1. The summed E-state index contributed by atoms with van der Waals surface area (Å²) in [5.41, 5.74) is 1.84. The molecule has 0 bridgehead atoms. The van der Waals surface area contributed by atoms with E-state index in [9.17, 15) is 9.59 Å². The fourth-order valence-corrected chi connectivity index (χ4v) is 3.28. The molecule has 0 saturated carbocycles. The third-order valence-electron chi connectivity index (χ3n) is 4.45. The summed E-state index contributed by atoms with van der Waals surface area (Å²) in [5, 5.41) is 4.51. The van der Waals surface area contributed by atoms with E-state index < -0.39 is 0 Å². The maximum atomic E-state index is 12.9. The second-order valence-corrected chi connectivity index (χ2v) is 6.62. The number of nitrogens with zero attached hydrogens (tertiary/aromatic N) is 3. The van der Waals surface area contributed by atoms with Crippen molar-refractivity contribution in [2.75, 3.05) is 18.0 Å². The highest BCUT2D eigenvalue weighted by Gasteiger charge is 2.35.